The van der Waals surface area contributed by atoms with Crippen LogP contribution in [0, 0.1) is 0 Å². The van der Waals surface area contributed by atoms with E-state index in [0.29, 0.717) is 0 Å². The second-order valence-electron chi connectivity index (χ2n) is 3.11. The lowest BCUT2D eigenvalue weighted by Gasteiger charge is -2.13. The highest BCUT2D eigenvalue weighted by Gasteiger charge is 1.90. The average molecular weight is 211 g/mol. The van der Waals surface area contributed by atoms with E-state index >= 15 is 0 Å². The lowest BCUT2D eigenvalue weighted by molar-refractivity contribution is 0.321. The maximum Gasteiger partial charge on any atom is 0.157 e. The summed E-state index contributed by atoms with van der Waals surface area (Å²) in [5, 5.41) is 17.3. The zero-order valence-corrected chi connectivity index (χ0v) is 9.77. The number of benzene rings is 1. The van der Waals surface area contributed by atoms with Crippen LogP contribution < -0.4 is 0 Å². The molecule has 0 saturated heterocycles. The highest BCUT2D eigenvalue weighted by Crippen LogP contribution is 2.21. The number of hydrogen-bond donors (Lipinski definition) is 2. The van der Waals surface area contributed by atoms with Crippen LogP contribution in [0.1, 0.15) is 20.8 Å². The standard InChI is InChI=1S/C6H15N.C6H6O2/c1-4-7(5-2)6-3;7-5-3-1-2-4-6(5)8/h4-6H2,1-3H3;1-4,7-8H. The van der Waals surface area contributed by atoms with E-state index in [2.05, 4.69) is 25.7 Å². The summed E-state index contributed by atoms with van der Waals surface area (Å²) in [4.78, 5) is 2.38. The van der Waals surface area contributed by atoms with Crippen molar-refractivity contribution in [2.75, 3.05) is 19.6 Å². The zero-order chi connectivity index (χ0) is 11.7. The largest absolute Gasteiger partial charge is 0.504 e. The molecular weight excluding hydrogens is 190 g/mol. The SMILES string of the molecule is CCN(CC)CC.Oc1ccccc1O. The van der Waals surface area contributed by atoms with Crippen molar-refractivity contribution in [2.45, 2.75) is 20.8 Å². The Morgan fingerprint density at radius 1 is 0.867 bits per heavy atom. The summed E-state index contributed by atoms with van der Waals surface area (Å²) in [6, 6.07) is 6.15. The second kappa shape index (κ2) is 8.12. The number of phenols is 2. The molecule has 2 N–H and O–H groups in total. The van der Waals surface area contributed by atoms with E-state index in [1.54, 1.807) is 12.1 Å². The number of hydrogen-bond acceptors (Lipinski definition) is 3. The third-order valence-electron chi connectivity index (χ3n) is 2.22. The van der Waals surface area contributed by atoms with Crippen molar-refractivity contribution in [3.8, 4) is 11.5 Å². The topological polar surface area (TPSA) is 43.7 Å². The maximum absolute atomic E-state index is 8.67. The smallest absolute Gasteiger partial charge is 0.157 e. The van der Waals surface area contributed by atoms with Gasteiger partial charge in [-0.25, -0.2) is 0 Å². The third-order valence-corrected chi connectivity index (χ3v) is 2.22. The molecule has 86 valence electrons. The van der Waals surface area contributed by atoms with E-state index in [4.69, 9.17) is 10.2 Å². The Morgan fingerprint density at radius 3 is 1.33 bits per heavy atom. The first-order valence-electron chi connectivity index (χ1n) is 5.34. The Labute approximate surface area is 92.0 Å². The predicted octanol–water partition coefficient (Wildman–Crippen LogP) is 2.45. The molecular formula is C12H21NO2. The maximum atomic E-state index is 8.67. The second-order valence-corrected chi connectivity index (χ2v) is 3.11. The van der Waals surface area contributed by atoms with Gasteiger partial charge in [-0.15, -0.1) is 0 Å². The van der Waals surface area contributed by atoms with Gasteiger partial charge < -0.3 is 15.1 Å². The molecule has 15 heavy (non-hydrogen) atoms. The quantitative estimate of drug-likeness (QED) is 0.755. The number of rotatable bonds is 3. The van der Waals surface area contributed by atoms with Crippen molar-refractivity contribution in [3.63, 3.8) is 0 Å². The van der Waals surface area contributed by atoms with E-state index in [1.165, 1.54) is 31.8 Å². The first-order valence-corrected chi connectivity index (χ1v) is 5.34. The molecule has 0 atom stereocenters. The molecule has 0 saturated carbocycles. The van der Waals surface area contributed by atoms with Crippen molar-refractivity contribution in [2.24, 2.45) is 0 Å². The number of para-hydroxylation sites is 2. The minimum atomic E-state index is -0.0764. The molecule has 0 aromatic heterocycles. The van der Waals surface area contributed by atoms with Gasteiger partial charge in [0, 0.05) is 0 Å². The minimum absolute atomic E-state index is 0.0764. The van der Waals surface area contributed by atoms with Gasteiger partial charge in [0.15, 0.2) is 11.5 Å². The van der Waals surface area contributed by atoms with Gasteiger partial charge in [0.2, 0.25) is 0 Å². The van der Waals surface area contributed by atoms with E-state index in [0.717, 1.165) is 0 Å². The summed E-state index contributed by atoms with van der Waals surface area (Å²) in [6.45, 7) is 10.1. The number of phenolic OH excluding ortho intramolecular Hbond substituents is 2. The number of aromatic hydroxyl groups is 2. The van der Waals surface area contributed by atoms with Crippen LogP contribution in [0.15, 0.2) is 24.3 Å². The first kappa shape index (κ1) is 13.8. The van der Waals surface area contributed by atoms with Gasteiger partial charge in [0.25, 0.3) is 0 Å². The molecule has 0 aliphatic heterocycles. The van der Waals surface area contributed by atoms with Crippen molar-refractivity contribution >= 4 is 0 Å². The van der Waals surface area contributed by atoms with Gasteiger partial charge in [0.1, 0.15) is 0 Å². The molecule has 3 heteroatoms. The number of nitrogens with zero attached hydrogens (tertiary/aromatic N) is 1. The lowest BCUT2D eigenvalue weighted by Crippen LogP contribution is -2.21. The van der Waals surface area contributed by atoms with Crippen LogP contribution in [0.3, 0.4) is 0 Å². The molecule has 0 amide bonds. The molecule has 0 radical (unpaired) electrons. The molecule has 0 aliphatic carbocycles. The summed E-state index contributed by atoms with van der Waals surface area (Å²) in [5.74, 6) is -0.153. The van der Waals surface area contributed by atoms with Gasteiger partial charge >= 0.3 is 0 Å². The average Bonchev–Trinajstić information content (AvgIpc) is 2.26. The summed E-state index contributed by atoms with van der Waals surface area (Å²) in [5.41, 5.74) is 0. The highest BCUT2D eigenvalue weighted by atomic mass is 16.3. The summed E-state index contributed by atoms with van der Waals surface area (Å²) in [7, 11) is 0. The van der Waals surface area contributed by atoms with E-state index in [9.17, 15) is 0 Å². The Hall–Kier alpha value is -1.22. The zero-order valence-electron chi connectivity index (χ0n) is 9.77. The van der Waals surface area contributed by atoms with Gasteiger partial charge in [-0.3, -0.25) is 0 Å². The molecule has 0 aliphatic rings. The fourth-order valence-electron chi connectivity index (χ4n) is 1.13. The van der Waals surface area contributed by atoms with Crippen LogP contribution in [0.4, 0.5) is 0 Å². The van der Waals surface area contributed by atoms with Crippen molar-refractivity contribution in [1.29, 1.82) is 0 Å². The van der Waals surface area contributed by atoms with Crippen LogP contribution in [-0.2, 0) is 0 Å². The Morgan fingerprint density at radius 2 is 1.20 bits per heavy atom. The Bertz CT molecular complexity index is 233. The molecule has 3 nitrogen and oxygen atoms in total. The van der Waals surface area contributed by atoms with E-state index in [-0.39, 0.29) is 11.5 Å². The molecule has 0 unspecified atom stereocenters. The molecule has 1 aromatic rings. The fraction of sp³-hybridized carbons (Fsp3) is 0.500. The van der Waals surface area contributed by atoms with E-state index < -0.39 is 0 Å². The Balaban J connectivity index is 0.000000265. The third kappa shape index (κ3) is 5.96. The van der Waals surface area contributed by atoms with Crippen LogP contribution in [0.2, 0.25) is 0 Å². The Kier molecular flexibility index (Phi) is 7.46. The fourth-order valence-corrected chi connectivity index (χ4v) is 1.13. The minimum Gasteiger partial charge on any atom is -0.504 e. The van der Waals surface area contributed by atoms with Gasteiger partial charge in [-0.1, -0.05) is 32.9 Å². The van der Waals surface area contributed by atoms with Crippen LogP contribution in [0.5, 0.6) is 11.5 Å². The van der Waals surface area contributed by atoms with Crippen LogP contribution >= 0.6 is 0 Å². The van der Waals surface area contributed by atoms with Crippen LogP contribution in [-0.4, -0.2) is 34.7 Å². The van der Waals surface area contributed by atoms with Gasteiger partial charge in [0.05, 0.1) is 0 Å². The van der Waals surface area contributed by atoms with Gasteiger partial charge in [-0.2, -0.15) is 0 Å². The molecule has 0 spiro atoms. The lowest BCUT2D eigenvalue weighted by atomic mass is 10.3. The van der Waals surface area contributed by atoms with Crippen molar-refractivity contribution in [3.05, 3.63) is 24.3 Å². The molecule has 0 fully saturated rings. The van der Waals surface area contributed by atoms with Gasteiger partial charge in [-0.05, 0) is 31.8 Å². The van der Waals surface area contributed by atoms with Crippen molar-refractivity contribution in [1.82, 2.24) is 4.90 Å². The summed E-state index contributed by atoms with van der Waals surface area (Å²) < 4.78 is 0. The molecule has 0 heterocycles. The monoisotopic (exact) mass is 211 g/mol. The molecule has 1 aromatic carbocycles. The summed E-state index contributed by atoms with van der Waals surface area (Å²) >= 11 is 0. The summed E-state index contributed by atoms with van der Waals surface area (Å²) in [6.07, 6.45) is 0. The van der Waals surface area contributed by atoms with E-state index in [1.807, 2.05) is 0 Å². The molecule has 0 bridgehead atoms. The predicted molar refractivity (Wildman–Crippen MR) is 63.2 cm³/mol. The van der Waals surface area contributed by atoms with Crippen LogP contribution in [0.25, 0.3) is 0 Å². The normalized spacial score (nSPS) is 9.60. The molecule has 1 rings (SSSR count). The first-order chi connectivity index (χ1) is 7.15. The highest BCUT2D eigenvalue weighted by molar-refractivity contribution is 5.36. The van der Waals surface area contributed by atoms with Crippen molar-refractivity contribution < 1.29 is 10.2 Å².